The fraction of sp³-hybridized carbons (Fsp3) is 0.231. The largest absolute Gasteiger partial charge is 0.494 e. The lowest BCUT2D eigenvalue weighted by atomic mass is 10.1. The van der Waals surface area contributed by atoms with Gasteiger partial charge in [0.25, 0.3) is 0 Å². The van der Waals surface area contributed by atoms with Crippen molar-refractivity contribution in [2.75, 3.05) is 19.5 Å². The van der Waals surface area contributed by atoms with E-state index in [0.717, 1.165) is 11.3 Å². The molecule has 3 N–H and O–H groups in total. The number of rotatable bonds is 4. The minimum Gasteiger partial charge on any atom is -0.494 e. The maximum Gasteiger partial charge on any atom is 0.356 e. The van der Waals surface area contributed by atoms with Crippen molar-refractivity contribution < 1.29 is 14.3 Å². The summed E-state index contributed by atoms with van der Waals surface area (Å²) in [6.45, 7) is 2.51. The molecule has 0 saturated carbocycles. The molecule has 0 bridgehead atoms. The summed E-state index contributed by atoms with van der Waals surface area (Å²) in [5.74, 6) is 0.505. The van der Waals surface area contributed by atoms with Crippen molar-refractivity contribution in [1.29, 1.82) is 0 Å². The Labute approximate surface area is 110 Å². The Bertz CT molecular complexity index is 575. The van der Waals surface area contributed by atoms with Gasteiger partial charge in [0.2, 0.25) is 0 Å². The van der Waals surface area contributed by atoms with E-state index in [1.165, 1.54) is 7.11 Å². The van der Waals surface area contributed by atoms with Gasteiger partial charge in [-0.1, -0.05) is 12.1 Å². The van der Waals surface area contributed by atoms with Crippen molar-refractivity contribution in [1.82, 2.24) is 10.2 Å². The second-order valence-corrected chi connectivity index (χ2v) is 3.81. The van der Waals surface area contributed by atoms with Crippen LogP contribution in [0, 0.1) is 0 Å². The van der Waals surface area contributed by atoms with E-state index in [-0.39, 0.29) is 11.5 Å². The van der Waals surface area contributed by atoms with Crippen LogP contribution in [-0.2, 0) is 4.74 Å². The molecular weight excluding hydrogens is 246 g/mol. The van der Waals surface area contributed by atoms with Gasteiger partial charge in [-0.25, -0.2) is 4.79 Å². The van der Waals surface area contributed by atoms with Crippen LogP contribution in [0.4, 0.5) is 5.82 Å². The van der Waals surface area contributed by atoms with Gasteiger partial charge in [-0.2, -0.15) is 5.10 Å². The van der Waals surface area contributed by atoms with Crippen LogP contribution in [0.2, 0.25) is 0 Å². The van der Waals surface area contributed by atoms with Gasteiger partial charge in [-0.05, 0) is 24.6 Å². The Kier molecular flexibility index (Phi) is 3.70. The highest BCUT2D eigenvalue weighted by molar-refractivity contribution is 5.98. The Morgan fingerprint density at radius 3 is 2.63 bits per heavy atom. The zero-order valence-electron chi connectivity index (χ0n) is 10.8. The number of aromatic amines is 1. The fourth-order valence-electron chi connectivity index (χ4n) is 1.78. The Morgan fingerprint density at radius 1 is 1.37 bits per heavy atom. The van der Waals surface area contributed by atoms with E-state index >= 15 is 0 Å². The van der Waals surface area contributed by atoms with Crippen LogP contribution in [-0.4, -0.2) is 29.9 Å². The van der Waals surface area contributed by atoms with Crippen molar-refractivity contribution in [3.63, 3.8) is 0 Å². The van der Waals surface area contributed by atoms with E-state index in [4.69, 9.17) is 10.5 Å². The van der Waals surface area contributed by atoms with Gasteiger partial charge in [0.15, 0.2) is 11.5 Å². The topological polar surface area (TPSA) is 90.2 Å². The summed E-state index contributed by atoms with van der Waals surface area (Å²) in [6, 6.07) is 7.26. The van der Waals surface area contributed by atoms with E-state index in [0.29, 0.717) is 12.2 Å². The number of aromatic nitrogens is 2. The van der Waals surface area contributed by atoms with Gasteiger partial charge in [0.05, 0.1) is 19.3 Å². The molecule has 100 valence electrons. The quantitative estimate of drug-likeness (QED) is 0.819. The summed E-state index contributed by atoms with van der Waals surface area (Å²) in [4.78, 5) is 11.6. The first-order valence-corrected chi connectivity index (χ1v) is 5.82. The number of carbonyl (C=O) groups excluding carboxylic acids is 1. The van der Waals surface area contributed by atoms with E-state index in [9.17, 15) is 4.79 Å². The average Bonchev–Trinajstić information content (AvgIpc) is 2.81. The molecule has 0 aliphatic carbocycles. The van der Waals surface area contributed by atoms with Crippen LogP contribution in [0.1, 0.15) is 17.4 Å². The minimum absolute atomic E-state index is 0.240. The number of hydrogen-bond donors (Lipinski definition) is 2. The molecule has 1 aromatic heterocycles. The van der Waals surface area contributed by atoms with Crippen molar-refractivity contribution in [3.8, 4) is 16.9 Å². The van der Waals surface area contributed by atoms with Gasteiger partial charge in [0.1, 0.15) is 5.75 Å². The average molecular weight is 261 g/mol. The SMILES string of the molecule is CCOc1ccc(-c2c(N)n[nH]c2C(=O)OC)cc1. The second kappa shape index (κ2) is 5.43. The van der Waals surface area contributed by atoms with Crippen LogP contribution >= 0.6 is 0 Å². The van der Waals surface area contributed by atoms with Gasteiger partial charge < -0.3 is 15.2 Å². The highest BCUT2D eigenvalue weighted by Gasteiger charge is 2.19. The van der Waals surface area contributed by atoms with Gasteiger partial charge >= 0.3 is 5.97 Å². The summed E-state index contributed by atoms with van der Waals surface area (Å²) in [5.41, 5.74) is 7.33. The normalized spacial score (nSPS) is 10.2. The highest BCUT2D eigenvalue weighted by atomic mass is 16.5. The summed E-state index contributed by atoms with van der Waals surface area (Å²) in [6.07, 6.45) is 0. The first-order valence-electron chi connectivity index (χ1n) is 5.82. The molecule has 0 atom stereocenters. The number of benzene rings is 1. The molecule has 1 heterocycles. The third-order valence-corrected chi connectivity index (χ3v) is 2.64. The second-order valence-electron chi connectivity index (χ2n) is 3.81. The maximum absolute atomic E-state index is 11.6. The third-order valence-electron chi connectivity index (χ3n) is 2.64. The molecule has 0 aliphatic heterocycles. The van der Waals surface area contributed by atoms with E-state index < -0.39 is 5.97 Å². The predicted octanol–water partition coefficient (Wildman–Crippen LogP) is 1.84. The number of nitrogens with zero attached hydrogens (tertiary/aromatic N) is 1. The number of ether oxygens (including phenoxy) is 2. The standard InChI is InChI=1S/C13H15N3O3/c1-3-19-9-6-4-8(5-7-9)10-11(13(17)18-2)15-16-12(10)14/h4-7H,3H2,1-2H3,(H3,14,15,16). The Hall–Kier alpha value is -2.50. The monoisotopic (exact) mass is 261 g/mol. The van der Waals surface area contributed by atoms with Gasteiger partial charge in [-0.15, -0.1) is 0 Å². The molecule has 1 aromatic carbocycles. The number of esters is 1. The van der Waals surface area contributed by atoms with Crippen LogP contribution in [0.15, 0.2) is 24.3 Å². The molecule has 0 amide bonds. The molecule has 0 radical (unpaired) electrons. The number of nitrogens with one attached hydrogen (secondary N) is 1. The van der Waals surface area contributed by atoms with Crippen LogP contribution in [0.25, 0.3) is 11.1 Å². The molecule has 2 rings (SSSR count). The van der Waals surface area contributed by atoms with Crippen LogP contribution in [0.5, 0.6) is 5.75 Å². The molecular formula is C13H15N3O3. The highest BCUT2D eigenvalue weighted by Crippen LogP contribution is 2.29. The zero-order chi connectivity index (χ0) is 13.8. The number of nitrogen functional groups attached to an aromatic ring is 1. The molecule has 0 unspecified atom stereocenters. The molecule has 6 heteroatoms. The van der Waals surface area contributed by atoms with Gasteiger partial charge in [0, 0.05) is 0 Å². The lowest BCUT2D eigenvalue weighted by Gasteiger charge is -2.06. The van der Waals surface area contributed by atoms with E-state index in [1.54, 1.807) is 0 Å². The van der Waals surface area contributed by atoms with E-state index in [2.05, 4.69) is 14.9 Å². The zero-order valence-corrected chi connectivity index (χ0v) is 10.8. The lowest BCUT2D eigenvalue weighted by molar-refractivity contribution is 0.0595. The molecule has 0 saturated heterocycles. The summed E-state index contributed by atoms with van der Waals surface area (Å²) in [5, 5.41) is 6.42. The number of carbonyl (C=O) groups is 1. The number of H-pyrrole nitrogens is 1. The van der Waals surface area contributed by atoms with Crippen molar-refractivity contribution in [3.05, 3.63) is 30.0 Å². The summed E-state index contributed by atoms with van der Waals surface area (Å²) in [7, 11) is 1.31. The Morgan fingerprint density at radius 2 is 2.05 bits per heavy atom. The Balaban J connectivity index is 2.40. The molecule has 2 aromatic rings. The van der Waals surface area contributed by atoms with Crippen LogP contribution < -0.4 is 10.5 Å². The number of nitrogens with two attached hydrogens (primary N) is 1. The number of anilines is 1. The third kappa shape index (κ3) is 2.52. The number of hydrogen-bond acceptors (Lipinski definition) is 5. The van der Waals surface area contributed by atoms with Crippen molar-refractivity contribution in [2.24, 2.45) is 0 Å². The van der Waals surface area contributed by atoms with Crippen molar-refractivity contribution in [2.45, 2.75) is 6.92 Å². The van der Waals surface area contributed by atoms with Crippen molar-refractivity contribution >= 4 is 11.8 Å². The molecule has 19 heavy (non-hydrogen) atoms. The fourth-order valence-corrected chi connectivity index (χ4v) is 1.78. The van der Waals surface area contributed by atoms with Crippen LogP contribution in [0.3, 0.4) is 0 Å². The first kappa shape index (κ1) is 12.9. The smallest absolute Gasteiger partial charge is 0.356 e. The van der Waals surface area contributed by atoms with E-state index in [1.807, 2.05) is 31.2 Å². The molecule has 0 aliphatic rings. The summed E-state index contributed by atoms with van der Waals surface area (Å²) < 4.78 is 10.0. The molecule has 0 spiro atoms. The number of methoxy groups -OCH3 is 1. The summed E-state index contributed by atoms with van der Waals surface area (Å²) >= 11 is 0. The maximum atomic E-state index is 11.6. The molecule has 0 fully saturated rings. The first-order chi connectivity index (χ1) is 9.17. The minimum atomic E-state index is -0.506. The lowest BCUT2D eigenvalue weighted by Crippen LogP contribution is -2.03. The predicted molar refractivity (Wildman–Crippen MR) is 70.9 cm³/mol. The molecule has 6 nitrogen and oxygen atoms in total. The van der Waals surface area contributed by atoms with Gasteiger partial charge in [-0.3, -0.25) is 5.10 Å².